The summed E-state index contributed by atoms with van der Waals surface area (Å²) in [6.45, 7) is 1.74. The van der Waals surface area contributed by atoms with Crippen LogP contribution in [-0.2, 0) is 5.54 Å². The van der Waals surface area contributed by atoms with Crippen molar-refractivity contribution in [3.8, 4) is 22.9 Å². The summed E-state index contributed by atoms with van der Waals surface area (Å²) in [6, 6.07) is 7.48. The molecular weight excluding hydrogens is 334 g/mol. The molecule has 1 aliphatic heterocycles. The molecule has 8 heteroatoms. The zero-order valence-electron chi connectivity index (χ0n) is 14.8. The molecule has 26 heavy (non-hydrogen) atoms. The van der Waals surface area contributed by atoms with Crippen LogP contribution in [0, 0.1) is 0 Å². The van der Waals surface area contributed by atoms with E-state index >= 15 is 0 Å². The molecule has 0 atom stereocenters. The minimum atomic E-state index is -0.420. The molecule has 3 aromatic rings. The Bertz CT molecular complexity index is 869. The lowest BCUT2D eigenvalue weighted by molar-refractivity contribution is 0.172. The molecule has 8 nitrogen and oxygen atoms in total. The van der Waals surface area contributed by atoms with Gasteiger partial charge in [0, 0.05) is 18.0 Å². The van der Waals surface area contributed by atoms with Crippen molar-refractivity contribution < 1.29 is 14.0 Å². The Kier molecular flexibility index (Phi) is 4.34. The Morgan fingerprint density at radius 3 is 2.65 bits per heavy atom. The van der Waals surface area contributed by atoms with Gasteiger partial charge < -0.3 is 19.3 Å². The average Bonchev–Trinajstić information content (AvgIpc) is 3.40. The second-order valence-corrected chi connectivity index (χ2v) is 6.23. The van der Waals surface area contributed by atoms with E-state index in [0.29, 0.717) is 23.2 Å². The topological polar surface area (TPSA) is 87.2 Å². The number of hydrogen-bond acceptors (Lipinski definition) is 7. The molecule has 3 heterocycles. The highest BCUT2D eigenvalue weighted by molar-refractivity contribution is 5.60. The second kappa shape index (κ2) is 6.80. The molecule has 2 aromatic heterocycles. The molecule has 0 unspecified atom stereocenters. The van der Waals surface area contributed by atoms with Crippen molar-refractivity contribution in [2.75, 3.05) is 27.3 Å². The van der Waals surface area contributed by atoms with Gasteiger partial charge in [0.25, 0.3) is 5.89 Å². The third-order valence-electron chi connectivity index (χ3n) is 4.84. The number of nitrogens with one attached hydrogen (secondary N) is 1. The highest BCUT2D eigenvalue weighted by atomic mass is 16.5. The molecule has 0 bridgehead atoms. The van der Waals surface area contributed by atoms with Gasteiger partial charge in [-0.05, 0) is 50.2 Å². The SMILES string of the molecule is COc1ccc(-c2noc(C3(n4cccn4)CCNCC3)n2)cc1OC. The van der Waals surface area contributed by atoms with Crippen LogP contribution in [0.3, 0.4) is 0 Å². The summed E-state index contributed by atoms with van der Waals surface area (Å²) in [5.41, 5.74) is 0.388. The number of benzene rings is 1. The first-order chi connectivity index (χ1) is 12.8. The summed E-state index contributed by atoms with van der Waals surface area (Å²) in [5, 5.41) is 12.0. The van der Waals surface area contributed by atoms with Gasteiger partial charge in [-0.3, -0.25) is 4.68 Å². The highest BCUT2D eigenvalue weighted by Gasteiger charge is 2.41. The fraction of sp³-hybridized carbons (Fsp3) is 0.389. The standard InChI is InChI=1S/C18H21N5O3/c1-24-14-5-4-13(12-15(14)25-2)16-21-17(26-22-16)18(6-9-19-10-7-18)23-11-3-8-20-23/h3-5,8,11-12,19H,6-7,9-10H2,1-2H3. The maximum atomic E-state index is 5.69. The van der Waals surface area contributed by atoms with Gasteiger partial charge in [0.2, 0.25) is 5.82 Å². The molecule has 0 saturated carbocycles. The molecule has 0 aliphatic carbocycles. The molecule has 1 saturated heterocycles. The van der Waals surface area contributed by atoms with E-state index in [1.54, 1.807) is 20.4 Å². The fourth-order valence-corrected chi connectivity index (χ4v) is 3.41. The summed E-state index contributed by atoms with van der Waals surface area (Å²) < 4.78 is 18.3. The van der Waals surface area contributed by atoms with E-state index in [2.05, 4.69) is 15.6 Å². The zero-order chi connectivity index (χ0) is 18.0. The predicted molar refractivity (Wildman–Crippen MR) is 94.2 cm³/mol. The van der Waals surface area contributed by atoms with Gasteiger partial charge in [0.15, 0.2) is 11.5 Å². The van der Waals surface area contributed by atoms with E-state index in [1.165, 1.54) is 0 Å². The van der Waals surface area contributed by atoms with E-state index in [4.69, 9.17) is 19.0 Å². The maximum Gasteiger partial charge on any atom is 0.255 e. The normalized spacial score (nSPS) is 16.4. The third kappa shape index (κ3) is 2.72. The van der Waals surface area contributed by atoms with Gasteiger partial charge in [-0.2, -0.15) is 10.1 Å². The lowest BCUT2D eigenvalue weighted by atomic mass is 9.88. The van der Waals surface area contributed by atoms with Crippen molar-refractivity contribution in [1.82, 2.24) is 25.2 Å². The van der Waals surface area contributed by atoms with Gasteiger partial charge in [0.1, 0.15) is 5.54 Å². The van der Waals surface area contributed by atoms with Gasteiger partial charge in [0.05, 0.1) is 14.2 Å². The largest absolute Gasteiger partial charge is 0.493 e. The van der Waals surface area contributed by atoms with Crippen molar-refractivity contribution in [2.45, 2.75) is 18.4 Å². The number of aromatic nitrogens is 4. The third-order valence-corrected chi connectivity index (χ3v) is 4.84. The quantitative estimate of drug-likeness (QED) is 0.750. The van der Waals surface area contributed by atoms with Gasteiger partial charge in [-0.25, -0.2) is 0 Å². The maximum absolute atomic E-state index is 5.69. The first kappa shape index (κ1) is 16.6. The van der Waals surface area contributed by atoms with Crippen molar-refractivity contribution >= 4 is 0 Å². The van der Waals surface area contributed by atoms with Crippen LogP contribution in [0.4, 0.5) is 0 Å². The van der Waals surface area contributed by atoms with Crippen molar-refractivity contribution in [1.29, 1.82) is 0 Å². The first-order valence-corrected chi connectivity index (χ1v) is 8.54. The summed E-state index contributed by atoms with van der Waals surface area (Å²) >= 11 is 0. The van der Waals surface area contributed by atoms with Gasteiger partial charge >= 0.3 is 0 Å². The number of ether oxygens (including phenoxy) is 2. The van der Waals surface area contributed by atoms with E-state index in [0.717, 1.165) is 31.5 Å². The van der Waals surface area contributed by atoms with E-state index in [1.807, 2.05) is 35.1 Å². The smallest absolute Gasteiger partial charge is 0.255 e. The minimum Gasteiger partial charge on any atom is -0.493 e. The number of rotatable bonds is 5. The summed E-state index contributed by atoms with van der Waals surface area (Å²) in [6.07, 6.45) is 5.39. The second-order valence-electron chi connectivity index (χ2n) is 6.23. The summed E-state index contributed by atoms with van der Waals surface area (Å²) in [7, 11) is 3.21. The molecule has 0 spiro atoms. The molecule has 4 rings (SSSR count). The zero-order valence-corrected chi connectivity index (χ0v) is 14.8. The van der Waals surface area contributed by atoms with E-state index < -0.39 is 5.54 Å². The predicted octanol–water partition coefficient (Wildman–Crippen LogP) is 2.08. The monoisotopic (exact) mass is 355 g/mol. The van der Waals surface area contributed by atoms with E-state index in [9.17, 15) is 0 Å². The van der Waals surface area contributed by atoms with Crippen LogP contribution in [0.1, 0.15) is 18.7 Å². The summed E-state index contributed by atoms with van der Waals surface area (Å²) in [5.74, 6) is 2.38. The Morgan fingerprint density at radius 1 is 1.15 bits per heavy atom. The molecule has 0 amide bonds. The molecule has 136 valence electrons. The van der Waals surface area contributed by atoms with Crippen molar-refractivity contribution in [2.24, 2.45) is 0 Å². The van der Waals surface area contributed by atoms with E-state index in [-0.39, 0.29) is 0 Å². The van der Waals surface area contributed by atoms with Crippen LogP contribution < -0.4 is 14.8 Å². The molecular formula is C18H21N5O3. The van der Waals surface area contributed by atoms with Crippen LogP contribution >= 0.6 is 0 Å². The van der Waals surface area contributed by atoms with Crippen LogP contribution in [-0.4, -0.2) is 47.2 Å². The molecule has 1 aliphatic rings. The fourth-order valence-electron chi connectivity index (χ4n) is 3.41. The van der Waals surface area contributed by atoms with Crippen molar-refractivity contribution in [3.63, 3.8) is 0 Å². The lowest BCUT2D eigenvalue weighted by Crippen LogP contribution is -2.45. The summed E-state index contributed by atoms with van der Waals surface area (Å²) in [4.78, 5) is 4.70. The van der Waals surface area contributed by atoms with Crippen LogP contribution in [0.2, 0.25) is 0 Å². The Balaban J connectivity index is 1.73. The highest BCUT2D eigenvalue weighted by Crippen LogP contribution is 2.36. The van der Waals surface area contributed by atoms with Crippen molar-refractivity contribution in [3.05, 3.63) is 42.5 Å². The average molecular weight is 355 g/mol. The number of methoxy groups -OCH3 is 2. The Morgan fingerprint density at radius 2 is 1.96 bits per heavy atom. The number of hydrogen-bond donors (Lipinski definition) is 1. The lowest BCUT2D eigenvalue weighted by Gasteiger charge is -2.34. The molecule has 1 fully saturated rings. The Labute approximate surface area is 151 Å². The van der Waals surface area contributed by atoms with Crippen LogP contribution in [0.25, 0.3) is 11.4 Å². The Hall–Kier alpha value is -2.87. The first-order valence-electron chi connectivity index (χ1n) is 8.54. The molecule has 0 radical (unpaired) electrons. The minimum absolute atomic E-state index is 0.420. The van der Waals surface area contributed by atoms with Gasteiger partial charge in [-0.1, -0.05) is 5.16 Å². The number of piperidine rings is 1. The van der Waals surface area contributed by atoms with Crippen LogP contribution in [0.5, 0.6) is 11.5 Å². The molecule has 1 N–H and O–H groups in total. The van der Waals surface area contributed by atoms with Crippen LogP contribution in [0.15, 0.2) is 41.2 Å². The number of nitrogens with zero attached hydrogens (tertiary/aromatic N) is 4. The van der Waals surface area contributed by atoms with Gasteiger partial charge in [-0.15, -0.1) is 0 Å². The molecule has 1 aromatic carbocycles.